The SMILES string of the molecule is C=C[C@@H]1CC=C[C@@H]1[C@@H](O)[C@@H](C=C)SCC. The predicted molar refractivity (Wildman–Crippen MR) is 69.1 cm³/mol. The van der Waals surface area contributed by atoms with Crippen molar-refractivity contribution in [2.24, 2.45) is 11.8 Å². The van der Waals surface area contributed by atoms with Crippen molar-refractivity contribution >= 4 is 11.8 Å². The minimum atomic E-state index is -0.339. The fourth-order valence-corrected chi connectivity index (χ4v) is 2.93. The van der Waals surface area contributed by atoms with E-state index in [0.29, 0.717) is 5.92 Å². The van der Waals surface area contributed by atoms with Gasteiger partial charge in [-0.05, 0) is 18.1 Å². The van der Waals surface area contributed by atoms with Gasteiger partial charge in [-0.15, -0.1) is 13.2 Å². The molecule has 84 valence electrons. The van der Waals surface area contributed by atoms with Gasteiger partial charge >= 0.3 is 0 Å². The summed E-state index contributed by atoms with van der Waals surface area (Å²) in [6.45, 7) is 9.72. The van der Waals surface area contributed by atoms with Gasteiger partial charge in [0.2, 0.25) is 0 Å². The smallest absolute Gasteiger partial charge is 0.0761 e. The van der Waals surface area contributed by atoms with Crippen molar-refractivity contribution in [3.05, 3.63) is 37.5 Å². The summed E-state index contributed by atoms with van der Waals surface area (Å²) in [6.07, 6.45) is 8.72. The summed E-state index contributed by atoms with van der Waals surface area (Å²) in [4.78, 5) is 0. The van der Waals surface area contributed by atoms with Crippen LogP contribution in [-0.2, 0) is 0 Å². The van der Waals surface area contributed by atoms with Crippen LogP contribution in [-0.4, -0.2) is 22.2 Å². The lowest BCUT2D eigenvalue weighted by molar-refractivity contribution is 0.122. The molecule has 1 rings (SSSR count). The number of hydrogen-bond acceptors (Lipinski definition) is 2. The second-order valence-electron chi connectivity index (χ2n) is 3.79. The first-order valence-corrected chi connectivity index (χ1v) is 6.50. The van der Waals surface area contributed by atoms with Crippen LogP contribution in [0.2, 0.25) is 0 Å². The first-order valence-electron chi connectivity index (χ1n) is 5.46. The van der Waals surface area contributed by atoms with Gasteiger partial charge in [-0.2, -0.15) is 11.8 Å². The summed E-state index contributed by atoms with van der Waals surface area (Å²) in [7, 11) is 0. The van der Waals surface area contributed by atoms with E-state index in [4.69, 9.17) is 0 Å². The van der Waals surface area contributed by atoms with E-state index in [0.717, 1.165) is 12.2 Å². The first-order chi connectivity index (χ1) is 7.24. The van der Waals surface area contributed by atoms with Crippen LogP contribution in [0.5, 0.6) is 0 Å². The highest BCUT2D eigenvalue weighted by Gasteiger charge is 2.31. The molecule has 0 radical (unpaired) electrons. The standard InChI is InChI=1S/C13H20OS/c1-4-10-8-7-9-11(10)13(14)12(5-2)15-6-3/h4-5,7,9-14H,1-2,6,8H2,3H3/t10-,11+,12-,13-/m1/s1. The highest BCUT2D eigenvalue weighted by atomic mass is 32.2. The molecule has 4 atom stereocenters. The molecule has 0 saturated carbocycles. The van der Waals surface area contributed by atoms with Gasteiger partial charge in [0.25, 0.3) is 0 Å². The molecule has 0 saturated heterocycles. The number of hydrogen-bond donors (Lipinski definition) is 1. The Morgan fingerprint density at radius 1 is 1.60 bits per heavy atom. The zero-order valence-corrected chi connectivity index (χ0v) is 10.1. The third-order valence-corrected chi connectivity index (χ3v) is 4.08. The van der Waals surface area contributed by atoms with Crippen molar-refractivity contribution < 1.29 is 5.11 Å². The highest BCUT2D eigenvalue weighted by Crippen LogP contribution is 2.33. The van der Waals surface area contributed by atoms with Gasteiger partial charge in [0.1, 0.15) is 0 Å². The summed E-state index contributed by atoms with van der Waals surface area (Å²) < 4.78 is 0. The molecule has 1 aliphatic carbocycles. The van der Waals surface area contributed by atoms with Crippen molar-refractivity contribution in [1.82, 2.24) is 0 Å². The van der Waals surface area contributed by atoms with Crippen molar-refractivity contribution in [3.63, 3.8) is 0 Å². The van der Waals surface area contributed by atoms with E-state index in [1.807, 2.05) is 12.2 Å². The minimum absolute atomic E-state index is 0.130. The lowest BCUT2D eigenvalue weighted by atomic mass is 9.89. The monoisotopic (exact) mass is 224 g/mol. The van der Waals surface area contributed by atoms with Crippen molar-refractivity contribution in [2.75, 3.05) is 5.75 Å². The maximum atomic E-state index is 10.3. The number of aliphatic hydroxyl groups is 1. The molecule has 0 unspecified atom stereocenters. The third-order valence-electron chi connectivity index (χ3n) is 2.89. The van der Waals surface area contributed by atoms with Crippen LogP contribution < -0.4 is 0 Å². The van der Waals surface area contributed by atoms with Crippen LogP contribution in [0.1, 0.15) is 13.3 Å². The quantitative estimate of drug-likeness (QED) is 0.700. The maximum Gasteiger partial charge on any atom is 0.0761 e. The number of rotatable bonds is 6. The van der Waals surface area contributed by atoms with E-state index < -0.39 is 0 Å². The van der Waals surface area contributed by atoms with Gasteiger partial charge < -0.3 is 5.11 Å². The van der Waals surface area contributed by atoms with Crippen molar-refractivity contribution in [2.45, 2.75) is 24.7 Å². The van der Waals surface area contributed by atoms with Crippen LogP contribution in [0, 0.1) is 11.8 Å². The Morgan fingerprint density at radius 2 is 2.33 bits per heavy atom. The molecule has 0 bridgehead atoms. The Kier molecular flexibility index (Phi) is 5.20. The normalized spacial score (nSPS) is 28.7. The summed E-state index contributed by atoms with van der Waals surface area (Å²) >= 11 is 1.75. The molecule has 0 heterocycles. The topological polar surface area (TPSA) is 20.2 Å². The van der Waals surface area contributed by atoms with Crippen LogP contribution in [0.25, 0.3) is 0 Å². The molecule has 0 spiro atoms. The lowest BCUT2D eigenvalue weighted by Gasteiger charge is -2.27. The molecule has 2 heteroatoms. The first kappa shape index (κ1) is 12.6. The van der Waals surface area contributed by atoms with Gasteiger partial charge in [-0.25, -0.2) is 0 Å². The Hall–Kier alpha value is -0.470. The van der Waals surface area contributed by atoms with Crippen LogP contribution in [0.4, 0.5) is 0 Å². The number of aliphatic hydroxyl groups excluding tert-OH is 1. The van der Waals surface area contributed by atoms with E-state index in [1.165, 1.54) is 0 Å². The fourth-order valence-electron chi connectivity index (χ4n) is 2.03. The van der Waals surface area contributed by atoms with Crippen LogP contribution >= 0.6 is 11.8 Å². The summed E-state index contributed by atoms with van der Waals surface area (Å²) in [6, 6.07) is 0. The largest absolute Gasteiger partial charge is 0.391 e. The molecule has 1 aliphatic rings. The molecule has 0 aliphatic heterocycles. The van der Waals surface area contributed by atoms with E-state index in [-0.39, 0.29) is 17.3 Å². The van der Waals surface area contributed by atoms with Gasteiger partial charge in [-0.3, -0.25) is 0 Å². The van der Waals surface area contributed by atoms with Crippen molar-refractivity contribution in [3.8, 4) is 0 Å². The average molecular weight is 224 g/mol. The summed E-state index contributed by atoms with van der Waals surface area (Å²) in [5.41, 5.74) is 0. The molecular weight excluding hydrogens is 204 g/mol. The van der Waals surface area contributed by atoms with Gasteiger partial charge in [0, 0.05) is 11.2 Å². The zero-order chi connectivity index (χ0) is 11.3. The second kappa shape index (κ2) is 6.19. The van der Waals surface area contributed by atoms with E-state index in [2.05, 4.69) is 32.2 Å². The molecule has 0 amide bonds. The van der Waals surface area contributed by atoms with E-state index in [9.17, 15) is 5.11 Å². The van der Waals surface area contributed by atoms with Crippen LogP contribution in [0.15, 0.2) is 37.5 Å². The Morgan fingerprint density at radius 3 is 2.87 bits per heavy atom. The zero-order valence-electron chi connectivity index (χ0n) is 9.30. The van der Waals surface area contributed by atoms with E-state index >= 15 is 0 Å². The van der Waals surface area contributed by atoms with Gasteiger partial charge in [-0.1, -0.05) is 31.2 Å². The fraction of sp³-hybridized carbons (Fsp3) is 0.538. The molecule has 0 aromatic carbocycles. The van der Waals surface area contributed by atoms with E-state index in [1.54, 1.807) is 11.8 Å². The molecule has 1 nitrogen and oxygen atoms in total. The number of allylic oxidation sites excluding steroid dienone is 2. The molecule has 0 aromatic heterocycles. The Bertz CT molecular complexity index is 247. The molecule has 0 aromatic rings. The summed E-state index contributed by atoms with van der Waals surface area (Å²) in [5.74, 6) is 1.60. The molecule has 15 heavy (non-hydrogen) atoms. The highest BCUT2D eigenvalue weighted by molar-refractivity contribution is 8.00. The maximum absolute atomic E-state index is 10.3. The Labute approximate surface area is 97.0 Å². The van der Waals surface area contributed by atoms with Crippen molar-refractivity contribution in [1.29, 1.82) is 0 Å². The third kappa shape index (κ3) is 2.99. The van der Waals surface area contributed by atoms with Crippen LogP contribution in [0.3, 0.4) is 0 Å². The average Bonchev–Trinajstić information content (AvgIpc) is 2.72. The minimum Gasteiger partial charge on any atom is -0.391 e. The predicted octanol–water partition coefficient (Wildman–Crippen LogP) is 3.03. The lowest BCUT2D eigenvalue weighted by Crippen LogP contribution is -2.31. The molecule has 1 N–H and O–H groups in total. The second-order valence-corrected chi connectivity index (χ2v) is 5.24. The number of thioether (sulfide) groups is 1. The van der Waals surface area contributed by atoms with Gasteiger partial charge in [0.15, 0.2) is 0 Å². The molecule has 0 fully saturated rings. The summed E-state index contributed by atoms with van der Waals surface area (Å²) in [5, 5.41) is 10.4. The van der Waals surface area contributed by atoms with Gasteiger partial charge in [0.05, 0.1) is 6.10 Å². The molecular formula is C13H20OS. The Balaban J connectivity index is 2.64.